The van der Waals surface area contributed by atoms with Gasteiger partial charge < -0.3 is 9.92 Å². The topological polar surface area (TPSA) is 153 Å². The molecular formula is C16H11N3O6S. The molecular weight excluding hydrogens is 362 g/mol. The molecule has 0 heterocycles. The lowest BCUT2D eigenvalue weighted by molar-refractivity contribution is -0.387. The summed E-state index contributed by atoms with van der Waals surface area (Å²) in [6.07, 6.45) is 1.06. The van der Waals surface area contributed by atoms with Gasteiger partial charge in [-0.15, -0.1) is 0 Å². The number of amides is 1. The van der Waals surface area contributed by atoms with Crippen molar-refractivity contribution < 1.29 is 22.3 Å². The fraction of sp³-hybridized carbons (Fsp3) is 0. The summed E-state index contributed by atoms with van der Waals surface area (Å²) in [6.45, 7) is 0. The molecule has 2 N–H and O–H groups in total. The summed E-state index contributed by atoms with van der Waals surface area (Å²) in [7, 11) is -4.54. The number of nitriles is 1. The van der Waals surface area contributed by atoms with E-state index >= 15 is 0 Å². The summed E-state index contributed by atoms with van der Waals surface area (Å²) in [6, 6.07) is 11.9. The summed E-state index contributed by atoms with van der Waals surface area (Å²) < 4.78 is 29.9. The van der Waals surface area contributed by atoms with Crippen molar-refractivity contribution in [2.45, 2.75) is 4.90 Å². The highest BCUT2D eigenvalue weighted by molar-refractivity contribution is 7.87. The second-order valence-electron chi connectivity index (χ2n) is 4.83. The third-order valence-corrected chi connectivity index (χ3v) is 4.42. The number of benzene rings is 2. The lowest BCUT2D eigenvalue weighted by Gasteiger charge is -2.10. The zero-order valence-corrected chi connectivity index (χ0v) is 13.8. The number of para-hydroxylation sites is 2. The van der Waals surface area contributed by atoms with Crippen LogP contribution in [0.25, 0.3) is 6.08 Å². The van der Waals surface area contributed by atoms with Gasteiger partial charge in [0, 0.05) is 11.6 Å². The van der Waals surface area contributed by atoms with E-state index in [0.717, 1.165) is 18.2 Å². The van der Waals surface area contributed by atoms with Crippen LogP contribution in [0.15, 0.2) is 59.0 Å². The molecule has 0 atom stereocenters. The van der Waals surface area contributed by atoms with Crippen LogP contribution in [0, 0.1) is 21.4 Å². The first-order valence-corrected chi connectivity index (χ1v) is 8.35. The minimum absolute atomic E-state index is 0.0880. The minimum Gasteiger partial charge on any atom is -0.378 e. The van der Waals surface area contributed by atoms with Crippen molar-refractivity contribution in [1.82, 2.24) is 0 Å². The Kier molecular flexibility index (Phi) is 5.34. The van der Waals surface area contributed by atoms with E-state index in [4.69, 9.17) is 15.2 Å². The van der Waals surface area contributed by atoms with Gasteiger partial charge in [0.1, 0.15) is 17.4 Å². The molecule has 0 fully saturated rings. The fourth-order valence-electron chi connectivity index (χ4n) is 1.97. The molecule has 0 aromatic heterocycles. The van der Waals surface area contributed by atoms with Gasteiger partial charge in [-0.3, -0.25) is 14.9 Å². The van der Waals surface area contributed by atoms with E-state index in [9.17, 15) is 23.3 Å². The van der Waals surface area contributed by atoms with Crippen molar-refractivity contribution in [3.63, 3.8) is 0 Å². The predicted molar refractivity (Wildman–Crippen MR) is 90.1 cm³/mol. The number of nitrogens with zero attached hydrogens (tertiary/aromatic N) is 2. The Bertz CT molecular complexity index is 1050. The molecule has 0 aliphatic heterocycles. The molecule has 0 spiro atoms. The van der Waals surface area contributed by atoms with Crippen LogP contribution in [0.2, 0.25) is 0 Å². The highest BCUT2D eigenvalue weighted by Gasteiger charge is 2.27. The predicted octanol–water partition coefficient (Wildman–Crippen LogP) is 1.75. The van der Waals surface area contributed by atoms with E-state index in [1.165, 1.54) is 36.4 Å². The molecule has 2 aromatic carbocycles. The Morgan fingerprint density at radius 1 is 1.19 bits per heavy atom. The number of nitro groups is 1. The summed E-state index contributed by atoms with van der Waals surface area (Å²) >= 11 is 0. The Morgan fingerprint density at radius 2 is 1.81 bits per heavy atom. The maximum absolute atomic E-state index is 12.5. The largest absolute Gasteiger partial charge is 0.378 e. The summed E-state index contributed by atoms with van der Waals surface area (Å²) in [5, 5.41) is 19.9. The molecule has 132 valence electrons. The van der Waals surface area contributed by atoms with Crippen LogP contribution in [0.5, 0.6) is 5.75 Å². The Hall–Kier alpha value is -3.71. The van der Waals surface area contributed by atoms with Gasteiger partial charge in [-0.25, -0.2) is 0 Å². The molecule has 10 heteroatoms. The highest BCUT2D eigenvalue weighted by atomic mass is 32.2. The molecule has 2 aromatic rings. The van der Waals surface area contributed by atoms with Gasteiger partial charge >= 0.3 is 10.1 Å². The standard InChI is InChI=1S/C16H11N3O6S/c17-10-12(16(18)20)9-11-5-1-3-7-14(11)25-26(23,24)15-8-4-2-6-13(15)19(21)22/h1-9H,(H2,18,20). The van der Waals surface area contributed by atoms with E-state index in [1.54, 1.807) is 6.07 Å². The second kappa shape index (κ2) is 7.45. The number of primary amides is 1. The number of nitrogens with two attached hydrogens (primary N) is 1. The van der Waals surface area contributed by atoms with Gasteiger partial charge in [-0.1, -0.05) is 30.3 Å². The van der Waals surface area contributed by atoms with E-state index in [1.807, 2.05) is 0 Å². The molecule has 0 unspecified atom stereocenters. The van der Waals surface area contributed by atoms with Crippen molar-refractivity contribution in [1.29, 1.82) is 5.26 Å². The van der Waals surface area contributed by atoms with Crippen molar-refractivity contribution >= 4 is 27.8 Å². The van der Waals surface area contributed by atoms with Gasteiger partial charge in [0.2, 0.25) is 0 Å². The average Bonchev–Trinajstić information content (AvgIpc) is 2.60. The fourth-order valence-corrected chi connectivity index (χ4v) is 3.09. The summed E-state index contributed by atoms with van der Waals surface area (Å²) in [4.78, 5) is 20.7. The molecule has 26 heavy (non-hydrogen) atoms. The van der Waals surface area contributed by atoms with E-state index < -0.39 is 37.1 Å². The molecule has 0 radical (unpaired) electrons. The highest BCUT2D eigenvalue weighted by Crippen LogP contribution is 2.29. The quantitative estimate of drug-likeness (QED) is 0.266. The van der Waals surface area contributed by atoms with Gasteiger partial charge in [-0.05, 0) is 18.2 Å². The first-order valence-electron chi connectivity index (χ1n) is 6.95. The third kappa shape index (κ3) is 4.03. The zero-order valence-electron chi connectivity index (χ0n) is 13.0. The molecule has 0 saturated heterocycles. The Labute approximate surface area is 148 Å². The molecule has 1 amide bonds. The normalized spacial score (nSPS) is 11.4. The molecule has 0 bridgehead atoms. The van der Waals surface area contributed by atoms with E-state index in [2.05, 4.69) is 0 Å². The number of rotatable bonds is 6. The zero-order chi connectivity index (χ0) is 19.3. The van der Waals surface area contributed by atoms with Crippen LogP contribution in [0.1, 0.15) is 5.56 Å². The lowest BCUT2D eigenvalue weighted by atomic mass is 10.1. The van der Waals surface area contributed by atoms with Crippen molar-refractivity contribution in [2.24, 2.45) is 5.73 Å². The Morgan fingerprint density at radius 3 is 2.42 bits per heavy atom. The van der Waals surface area contributed by atoms with Gasteiger partial charge in [0.05, 0.1) is 4.92 Å². The van der Waals surface area contributed by atoms with Crippen molar-refractivity contribution in [2.75, 3.05) is 0 Å². The summed E-state index contributed by atoms with van der Waals surface area (Å²) in [5.41, 5.74) is 4.08. The van der Waals surface area contributed by atoms with E-state index in [-0.39, 0.29) is 11.3 Å². The van der Waals surface area contributed by atoms with Gasteiger partial charge in [0.25, 0.3) is 11.6 Å². The average molecular weight is 373 g/mol. The van der Waals surface area contributed by atoms with Crippen molar-refractivity contribution in [3.05, 3.63) is 69.8 Å². The smallest absolute Gasteiger partial charge is 0.346 e. The monoisotopic (exact) mass is 373 g/mol. The second-order valence-corrected chi connectivity index (χ2v) is 6.35. The van der Waals surface area contributed by atoms with Crippen LogP contribution < -0.4 is 9.92 Å². The molecule has 0 aliphatic carbocycles. The number of hydrogen-bond acceptors (Lipinski definition) is 7. The van der Waals surface area contributed by atoms with Gasteiger partial charge in [0.15, 0.2) is 4.90 Å². The van der Waals surface area contributed by atoms with Crippen molar-refractivity contribution in [3.8, 4) is 11.8 Å². The number of hydrogen-bond donors (Lipinski definition) is 1. The van der Waals surface area contributed by atoms with Crippen LogP contribution in [-0.2, 0) is 14.9 Å². The molecule has 2 rings (SSSR count). The number of nitro benzene ring substituents is 1. The number of carbonyl (C=O) groups is 1. The number of carbonyl (C=O) groups excluding carboxylic acids is 1. The minimum atomic E-state index is -4.54. The molecule has 0 saturated carbocycles. The van der Waals surface area contributed by atoms with Gasteiger partial charge in [-0.2, -0.15) is 13.7 Å². The third-order valence-electron chi connectivity index (χ3n) is 3.14. The van der Waals surface area contributed by atoms with Crippen LogP contribution >= 0.6 is 0 Å². The van der Waals surface area contributed by atoms with Crippen LogP contribution in [0.4, 0.5) is 5.69 Å². The SMILES string of the molecule is N#CC(=Cc1ccccc1OS(=O)(=O)c1ccccc1[N+](=O)[O-])C(N)=O. The first-order chi connectivity index (χ1) is 12.3. The first kappa shape index (κ1) is 18.6. The van der Waals surface area contributed by atoms with Crippen LogP contribution in [0.3, 0.4) is 0 Å². The molecule has 0 aliphatic rings. The summed E-state index contributed by atoms with van der Waals surface area (Å²) in [5.74, 6) is -1.22. The Balaban J connectivity index is 2.52. The lowest BCUT2D eigenvalue weighted by Crippen LogP contribution is -2.14. The van der Waals surface area contributed by atoms with E-state index in [0.29, 0.717) is 0 Å². The molecule has 9 nitrogen and oxygen atoms in total. The maximum atomic E-state index is 12.5. The van der Waals surface area contributed by atoms with Crippen LogP contribution in [-0.4, -0.2) is 19.2 Å². The maximum Gasteiger partial charge on any atom is 0.346 e.